The molecule has 0 heterocycles. The maximum atomic E-state index is 5.27. The van der Waals surface area contributed by atoms with E-state index in [2.05, 4.69) is 12.1 Å². The minimum atomic E-state index is 0.420. The summed E-state index contributed by atoms with van der Waals surface area (Å²) in [7, 11) is 0. The standard InChI is InChI=1S/C9H17NO/c1-2-3-8-10-11-9-6-4-5-7-9/h8-9H,2-7H2,1H3. The molecule has 1 aliphatic carbocycles. The summed E-state index contributed by atoms with van der Waals surface area (Å²) in [6, 6.07) is 0. The molecule has 1 saturated carbocycles. The highest BCUT2D eigenvalue weighted by Gasteiger charge is 2.15. The van der Waals surface area contributed by atoms with Gasteiger partial charge in [0, 0.05) is 6.21 Å². The van der Waals surface area contributed by atoms with E-state index < -0.39 is 0 Å². The first-order valence-electron chi connectivity index (χ1n) is 4.61. The average Bonchev–Trinajstić information content (AvgIpc) is 2.50. The molecule has 64 valence electrons. The quantitative estimate of drug-likeness (QED) is 0.452. The van der Waals surface area contributed by atoms with Crippen molar-refractivity contribution >= 4 is 6.21 Å². The van der Waals surface area contributed by atoms with Gasteiger partial charge in [0.25, 0.3) is 0 Å². The molecule has 0 amide bonds. The van der Waals surface area contributed by atoms with Crippen LogP contribution in [0.2, 0.25) is 0 Å². The van der Waals surface area contributed by atoms with Crippen LogP contribution >= 0.6 is 0 Å². The van der Waals surface area contributed by atoms with Crippen LogP contribution < -0.4 is 0 Å². The van der Waals surface area contributed by atoms with Gasteiger partial charge in [-0.3, -0.25) is 0 Å². The summed E-state index contributed by atoms with van der Waals surface area (Å²) in [5.41, 5.74) is 0. The summed E-state index contributed by atoms with van der Waals surface area (Å²) in [5.74, 6) is 0. The van der Waals surface area contributed by atoms with Gasteiger partial charge in [-0.25, -0.2) is 0 Å². The Morgan fingerprint density at radius 3 is 2.82 bits per heavy atom. The smallest absolute Gasteiger partial charge is 0.127 e. The number of nitrogens with zero attached hydrogens (tertiary/aromatic N) is 1. The Kier molecular flexibility index (Phi) is 4.02. The van der Waals surface area contributed by atoms with Crippen molar-refractivity contribution in [2.45, 2.75) is 51.6 Å². The Hall–Kier alpha value is -0.530. The Morgan fingerprint density at radius 2 is 2.18 bits per heavy atom. The van der Waals surface area contributed by atoms with Gasteiger partial charge in [0.05, 0.1) is 0 Å². The molecule has 0 atom stereocenters. The first-order valence-corrected chi connectivity index (χ1v) is 4.61. The molecular formula is C9H17NO. The molecule has 0 aromatic rings. The van der Waals surface area contributed by atoms with Crippen LogP contribution in [-0.2, 0) is 4.84 Å². The van der Waals surface area contributed by atoms with E-state index in [9.17, 15) is 0 Å². The zero-order valence-corrected chi connectivity index (χ0v) is 7.25. The van der Waals surface area contributed by atoms with Gasteiger partial charge in [-0.05, 0) is 32.1 Å². The first kappa shape index (κ1) is 8.57. The predicted molar refractivity (Wildman–Crippen MR) is 46.7 cm³/mol. The van der Waals surface area contributed by atoms with Crippen molar-refractivity contribution < 1.29 is 4.84 Å². The van der Waals surface area contributed by atoms with Gasteiger partial charge in [0.15, 0.2) is 0 Å². The molecule has 0 aliphatic heterocycles. The SMILES string of the molecule is CCCC=NOC1CCCC1. The minimum Gasteiger partial charge on any atom is -0.393 e. The molecule has 2 heteroatoms. The molecule has 0 radical (unpaired) electrons. The second-order valence-corrected chi connectivity index (χ2v) is 3.09. The molecule has 0 bridgehead atoms. The Bertz CT molecular complexity index is 117. The van der Waals surface area contributed by atoms with E-state index in [0.717, 1.165) is 12.8 Å². The van der Waals surface area contributed by atoms with Crippen LogP contribution in [0.25, 0.3) is 0 Å². The van der Waals surface area contributed by atoms with E-state index in [1.165, 1.54) is 25.7 Å². The molecule has 0 aromatic heterocycles. The van der Waals surface area contributed by atoms with Crippen LogP contribution in [0.4, 0.5) is 0 Å². The molecule has 0 saturated heterocycles. The Morgan fingerprint density at radius 1 is 1.45 bits per heavy atom. The summed E-state index contributed by atoms with van der Waals surface area (Å²) in [6.07, 6.45) is 9.50. The van der Waals surface area contributed by atoms with Gasteiger partial charge < -0.3 is 4.84 Å². The van der Waals surface area contributed by atoms with Crippen molar-refractivity contribution in [3.63, 3.8) is 0 Å². The molecule has 0 spiro atoms. The maximum absolute atomic E-state index is 5.27. The van der Waals surface area contributed by atoms with E-state index in [4.69, 9.17) is 4.84 Å². The average molecular weight is 155 g/mol. The third-order valence-electron chi connectivity index (χ3n) is 2.00. The van der Waals surface area contributed by atoms with Gasteiger partial charge in [-0.15, -0.1) is 0 Å². The van der Waals surface area contributed by atoms with Gasteiger partial charge in [0.2, 0.25) is 0 Å². The monoisotopic (exact) mass is 155 g/mol. The van der Waals surface area contributed by atoms with Gasteiger partial charge in [-0.1, -0.05) is 18.5 Å². The van der Waals surface area contributed by atoms with Crippen molar-refractivity contribution in [3.8, 4) is 0 Å². The molecule has 0 N–H and O–H groups in total. The predicted octanol–water partition coefficient (Wildman–Crippen LogP) is 2.73. The lowest BCUT2D eigenvalue weighted by atomic mass is 10.3. The normalized spacial score (nSPS) is 19.7. The molecule has 2 nitrogen and oxygen atoms in total. The van der Waals surface area contributed by atoms with Gasteiger partial charge in [-0.2, -0.15) is 0 Å². The molecule has 1 fully saturated rings. The summed E-state index contributed by atoms with van der Waals surface area (Å²) in [4.78, 5) is 5.27. The fraction of sp³-hybridized carbons (Fsp3) is 0.889. The van der Waals surface area contributed by atoms with Crippen molar-refractivity contribution in [1.82, 2.24) is 0 Å². The van der Waals surface area contributed by atoms with Crippen LogP contribution in [0.15, 0.2) is 5.16 Å². The van der Waals surface area contributed by atoms with E-state index in [-0.39, 0.29) is 0 Å². The summed E-state index contributed by atoms with van der Waals surface area (Å²) in [5, 5.41) is 3.92. The Balaban J connectivity index is 2.01. The minimum absolute atomic E-state index is 0.420. The molecule has 1 aliphatic rings. The van der Waals surface area contributed by atoms with Crippen LogP contribution in [0.1, 0.15) is 45.4 Å². The van der Waals surface area contributed by atoms with Crippen molar-refractivity contribution in [2.24, 2.45) is 5.16 Å². The van der Waals surface area contributed by atoms with Crippen LogP contribution in [0.5, 0.6) is 0 Å². The summed E-state index contributed by atoms with van der Waals surface area (Å²) >= 11 is 0. The number of hydrogen-bond donors (Lipinski definition) is 0. The molecule has 11 heavy (non-hydrogen) atoms. The number of rotatable bonds is 4. The molecule has 1 rings (SSSR count). The highest BCUT2D eigenvalue weighted by molar-refractivity contribution is 5.55. The molecule has 0 aromatic carbocycles. The van der Waals surface area contributed by atoms with E-state index in [1.807, 2.05) is 6.21 Å². The third kappa shape index (κ3) is 3.40. The van der Waals surface area contributed by atoms with Crippen LogP contribution in [-0.4, -0.2) is 12.3 Å². The van der Waals surface area contributed by atoms with E-state index in [0.29, 0.717) is 6.10 Å². The highest BCUT2D eigenvalue weighted by Crippen LogP contribution is 2.20. The van der Waals surface area contributed by atoms with Crippen molar-refractivity contribution in [2.75, 3.05) is 0 Å². The van der Waals surface area contributed by atoms with Gasteiger partial charge in [0.1, 0.15) is 6.10 Å². The van der Waals surface area contributed by atoms with Crippen LogP contribution in [0.3, 0.4) is 0 Å². The second kappa shape index (κ2) is 5.16. The number of oxime groups is 1. The highest BCUT2D eigenvalue weighted by atomic mass is 16.6. The summed E-state index contributed by atoms with van der Waals surface area (Å²) in [6.45, 7) is 2.14. The Labute approximate surface area is 68.6 Å². The lowest BCUT2D eigenvalue weighted by Crippen LogP contribution is -2.02. The fourth-order valence-electron chi connectivity index (χ4n) is 1.30. The summed E-state index contributed by atoms with van der Waals surface area (Å²) < 4.78 is 0. The second-order valence-electron chi connectivity index (χ2n) is 3.09. The number of unbranched alkanes of at least 4 members (excludes halogenated alkanes) is 1. The largest absolute Gasteiger partial charge is 0.393 e. The van der Waals surface area contributed by atoms with E-state index in [1.54, 1.807) is 0 Å². The lowest BCUT2D eigenvalue weighted by Gasteiger charge is -2.04. The first-order chi connectivity index (χ1) is 5.43. The lowest BCUT2D eigenvalue weighted by molar-refractivity contribution is 0.0652. The molecular weight excluding hydrogens is 138 g/mol. The molecule has 0 unspecified atom stereocenters. The fourth-order valence-corrected chi connectivity index (χ4v) is 1.30. The zero-order valence-electron chi connectivity index (χ0n) is 7.25. The number of hydrogen-bond acceptors (Lipinski definition) is 2. The zero-order chi connectivity index (χ0) is 7.94. The topological polar surface area (TPSA) is 21.6 Å². The maximum Gasteiger partial charge on any atom is 0.127 e. The van der Waals surface area contributed by atoms with Gasteiger partial charge >= 0.3 is 0 Å². The van der Waals surface area contributed by atoms with Crippen molar-refractivity contribution in [3.05, 3.63) is 0 Å². The third-order valence-corrected chi connectivity index (χ3v) is 2.00. The van der Waals surface area contributed by atoms with Crippen molar-refractivity contribution in [1.29, 1.82) is 0 Å². The van der Waals surface area contributed by atoms with E-state index >= 15 is 0 Å². The van der Waals surface area contributed by atoms with Crippen LogP contribution in [0, 0.1) is 0 Å².